The Hall–Kier alpha value is -1.32. The average molecular weight is 527 g/mol. The minimum atomic E-state index is -2.98. The van der Waals surface area contributed by atoms with Gasteiger partial charge in [-0.05, 0) is 0 Å². The molecule has 2 saturated heterocycles. The Morgan fingerprint density at radius 3 is 1.29 bits per heavy atom. The lowest BCUT2D eigenvalue weighted by Crippen LogP contribution is -2.47. The molecular formula is C20H38N4O8S2. The Morgan fingerprint density at radius 1 is 0.706 bits per heavy atom. The molecule has 2 aliphatic heterocycles. The molecule has 2 atom stereocenters. The predicted octanol–water partition coefficient (Wildman–Crippen LogP) is -3.13. The smallest absolute Gasteiger partial charge is 0.223 e. The Bertz CT molecular complexity index is 810. The van der Waals surface area contributed by atoms with Crippen LogP contribution in [0.2, 0.25) is 0 Å². The Balaban J connectivity index is 1.66. The van der Waals surface area contributed by atoms with Crippen LogP contribution in [0, 0.1) is 0 Å². The number of sulfone groups is 2. The molecule has 12 nitrogen and oxygen atoms in total. The predicted molar refractivity (Wildman–Crippen MR) is 127 cm³/mol. The van der Waals surface area contributed by atoms with Crippen molar-refractivity contribution in [3.05, 3.63) is 0 Å². The number of carbonyl (C=O) groups is 2. The van der Waals surface area contributed by atoms with Gasteiger partial charge in [0.1, 0.15) is 0 Å². The highest BCUT2D eigenvalue weighted by Crippen LogP contribution is 2.08. The number of likely N-dealkylation sites (N-methyl/N-ethyl adjacent to an activating group) is 2. The molecule has 2 unspecified atom stereocenters. The fourth-order valence-electron chi connectivity index (χ4n) is 3.85. The van der Waals surface area contributed by atoms with Crippen LogP contribution < -0.4 is 0 Å². The molecule has 2 heterocycles. The summed E-state index contributed by atoms with van der Waals surface area (Å²) >= 11 is 0. The van der Waals surface area contributed by atoms with Crippen molar-refractivity contribution in [1.29, 1.82) is 0 Å². The third-order valence-corrected chi connectivity index (χ3v) is 9.59. The van der Waals surface area contributed by atoms with Gasteiger partial charge in [0.05, 0.1) is 35.2 Å². The summed E-state index contributed by atoms with van der Waals surface area (Å²) in [6.45, 7) is 2.26. The zero-order valence-corrected chi connectivity index (χ0v) is 21.6. The molecule has 0 aliphatic carbocycles. The molecule has 0 radical (unpaired) electrons. The number of rotatable bonds is 11. The maximum absolute atomic E-state index is 12.4. The van der Waals surface area contributed by atoms with E-state index in [2.05, 4.69) is 0 Å². The summed E-state index contributed by atoms with van der Waals surface area (Å²) in [6.07, 6.45) is -2.13. The van der Waals surface area contributed by atoms with E-state index in [1.54, 1.807) is 0 Å². The van der Waals surface area contributed by atoms with Gasteiger partial charge in [0.2, 0.25) is 11.8 Å². The van der Waals surface area contributed by atoms with Gasteiger partial charge in [-0.3, -0.25) is 9.59 Å². The number of aliphatic hydroxyl groups is 2. The summed E-state index contributed by atoms with van der Waals surface area (Å²) < 4.78 is 45.9. The van der Waals surface area contributed by atoms with Crippen LogP contribution in [0.5, 0.6) is 0 Å². The zero-order chi connectivity index (χ0) is 25.5. The van der Waals surface area contributed by atoms with Crippen molar-refractivity contribution < 1.29 is 36.6 Å². The van der Waals surface area contributed by atoms with Crippen LogP contribution in [0.15, 0.2) is 0 Å². The molecule has 0 aromatic carbocycles. The zero-order valence-electron chi connectivity index (χ0n) is 20.0. The SMILES string of the molecule is CN(CC(O)C(O)CN(C)C(=O)CCN1CCS(=O)(=O)CC1)C(=O)CCN1CCS(=O)(=O)CC1. The molecule has 34 heavy (non-hydrogen) atoms. The van der Waals surface area contributed by atoms with E-state index in [0.29, 0.717) is 39.3 Å². The van der Waals surface area contributed by atoms with E-state index < -0.39 is 31.9 Å². The molecule has 2 N–H and O–H groups in total. The Morgan fingerprint density at radius 2 is 1.00 bits per heavy atom. The van der Waals surface area contributed by atoms with Gasteiger partial charge in [0.25, 0.3) is 0 Å². The lowest BCUT2D eigenvalue weighted by molar-refractivity contribution is -0.135. The van der Waals surface area contributed by atoms with Gasteiger partial charge >= 0.3 is 0 Å². The van der Waals surface area contributed by atoms with Crippen molar-refractivity contribution in [1.82, 2.24) is 19.6 Å². The molecular weight excluding hydrogens is 488 g/mol. The van der Waals surface area contributed by atoms with E-state index >= 15 is 0 Å². The van der Waals surface area contributed by atoms with E-state index in [9.17, 15) is 36.6 Å². The van der Waals surface area contributed by atoms with Crippen molar-refractivity contribution in [3.63, 3.8) is 0 Å². The Labute approximate surface area is 202 Å². The van der Waals surface area contributed by atoms with Gasteiger partial charge in [-0.25, -0.2) is 16.8 Å². The van der Waals surface area contributed by atoms with Crippen LogP contribution in [0.4, 0.5) is 0 Å². The number of nitrogens with zero attached hydrogens (tertiary/aromatic N) is 4. The van der Waals surface area contributed by atoms with E-state index in [-0.39, 0.29) is 60.8 Å². The monoisotopic (exact) mass is 526 g/mol. The van der Waals surface area contributed by atoms with E-state index in [1.165, 1.54) is 23.9 Å². The number of amides is 2. The van der Waals surface area contributed by atoms with Crippen LogP contribution >= 0.6 is 0 Å². The molecule has 0 spiro atoms. The maximum atomic E-state index is 12.4. The van der Waals surface area contributed by atoms with Crippen molar-refractivity contribution >= 4 is 31.5 Å². The van der Waals surface area contributed by atoms with E-state index in [1.807, 2.05) is 9.80 Å². The summed E-state index contributed by atoms with van der Waals surface area (Å²) in [6, 6.07) is 0. The molecule has 0 saturated carbocycles. The van der Waals surface area contributed by atoms with Crippen molar-refractivity contribution in [2.45, 2.75) is 25.0 Å². The minimum Gasteiger partial charge on any atom is -0.389 e. The molecule has 2 rings (SSSR count). The summed E-state index contributed by atoms with van der Waals surface area (Å²) in [7, 11) is -2.91. The molecule has 2 amide bonds. The van der Waals surface area contributed by atoms with E-state index in [4.69, 9.17) is 0 Å². The molecule has 2 aliphatic rings. The molecule has 198 valence electrons. The first-order valence-electron chi connectivity index (χ1n) is 11.5. The lowest BCUT2D eigenvalue weighted by Gasteiger charge is -2.30. The fraction of sp³-hybridized carbons (Fsp3) is 0.900. The molecule has 2 fully saturated rings. The number of aliphatic hydroxyl groups excluding tert-OH is 2. The summed E-state index contributed by atoms with van der Waals surface area (Å²) in [5, 5.41) is 20.6. The largest absolute Gasteiger partial charge is 0.389 e. The van der Waals surface area contributed by atoms with Crippen molar-refractivity contribution in [2.75, 3.05) is 89.5 Å². The van der Waals surface area contributed by atoms with Gasteiger partial charge in [-0.15, -0.1) is 0 Å². The fourth-order valence-corrected chi connectivity index (χ4v) is 6.40. The second kappa shape index (κ2) is 12.6. The maximum Gasteiger partial charge on any atom is 0.223 e. The van der Waals surface area contributed by atoms with Crippen LogP contribution in [0.1, 0.15) is 12.8 Å². The third kappa shape index (κ3) is 9.74. The first-order chi connectivity index (χ1) is 15.8. The Kier molecular flexibility index (Phi) is 10.7. The van der Waals surface area contributed by atoms with Crippen LogP contribution in [-0.2, 0) is 29.3 Å². The highest BCUT2D eigenvalue weighted by molar-refractivity contribution is 7.91. The average Bonchev–Trinajstić information content (AvgIpc) is 2.76. The summed E-state index contributed by atoms with van der Waals surface area (Å²) in [5.41, 5.74) is 0. The second-order valence-electron chi connectivity index (χ2n) is 9.17. The topological polar surface area (TPSA) is 156 Å². The minimum absolute atomic E-state index is 0.0914. The van der Waals surface area contributed by atoms with Crippen LogP contribution in [0.25, 0.3) is 0 Å². The normalized spacial score (nSPS) is 22.6. The number of carbonyl (C=O) groups excluding carboxylic acids is 2. The standard InChI is InChI=1S/C20H38N4O8S2/c1-21(19(27)3-5-23-7-11-33(29,30)12-8-23)15-17(25)18(26)16-22(2)20(28)4-6-24-9-13-34(31,32)14-10-24/h17-18,25-26H,3-16H2,1-2H3. The van der Waals surface area contributed by atoms with Gasteiger partial charge in [0.15, 0.2) is 19.7 Å². The van der Waals surface area contributed by atoms with Gasteiger partial charge in [-0.2, -0.15) is 0 Å². The number of hydrogen-bond acceptors (Lipinski definition) is 10. The van der Waals surface area contributed by atoms with Crippen molar-refractivity contribution in [3.8, 4) is 0 Å². The summed E-state index contributed by atoms with van der Waals surface area (Å²) in [4.78, 5) is 31.2. The lowest BCUT2D eigenvalue weighted by atomic mass is 10.1. The second-order valence-corrected chi connectivity index (χ2v) is 13.8. The molecule has 0 aromatic heterocycles. The highest BCUT2D eigenvalue weighted by Gasteiger charge is 2.26. The first kappa shape index (κ1) is 28.9. The van der Waals surface area contributed by atoms with Crippen molar-refractivity contribution in [2.24, 2.45) is 0 Å². The quantitative estimate of drug-likeness (QED) is 0.282. The first-order valence-corrected chi connectivity index (χ1v) is 15.1. The summed E-state index contributed by atoms with van der Waals surface area (Å²) in [5.74, 6) is -0.0925. The van der Waals surface area contributed by atoms with Crippen LogP contribution in [-0.4, -0.2) is 160 Å². The molecule has 14 heteroatoms. The van der Waals surface area contributed by atoms with Crippen LogP contribution in [0.3, 0.4) is 0 Å². The van der Waals surface area contributed by atoms with E-state index in [0.717, 1.165) is 0 Å². The van der Waals surface area contributed by atoms with Gasteiger partial charge < -0.3 is 29.8 Å². The number of hydrogen-bond donors (Lipinski definition) is 2. The van der Waals surface area contributed by atoms with Gasteiger partial charge in [0, 0.05) is 79.3 Å². The molecule has 0 bridgehead atoms. The third-order valence-electron chi connectivity index (χ3n) is 6.38. The van der Waals surface area contributed by atoms with Gasteiger partial charge in [-0.1, -0.05) is 0 Å². The highest BCUT2D eigenvalue weighted by atomic mass is 32.2. The molecule has 0 aromatic rings.